The largest absolute Gasteiger partial charge is 0.489 e. The molecule has 0 spiro atoms. The minimum absolute atomic E-state index is 0.122. The number of fused-ring (bicyclic) bond motifs is 1. The summed E-state index contributed by atoms with van der Waals surface area (Å²) >= 11 is 0. The van der Waals surface area contributed by atoms with Crippen LogP contribution in [0.3, 0.4) is 0 Å². The van der Waals surface area contributed by atoms with Gasteiger partial charge in [0, 0.05) is 12.1 Å². The highest BCUT2D eigenvalue weighted by Crippen LogP contribution is 2.35. The topological polar surface area (TPSA) is 65.1 Å². The molecule has 1 atom stereocenters. The molecule has 0 bridgehead atoms. The number of carbonyl (C=O) groups is 2. The summed E-state index contributed by atoms with van der Waals surface area (Å²) in [6, 6.07) is 6.06. The Balaban J connectivity index is 1.81. The molecule has 0 fully saturated rings. The summed E-state index contributed by atoms with van der Waals surface area (Å²) < 4.78 is 68.7. The Hall–Kier alpha value is -3.30. The van der Waals surface area contributed by atoms with Crippen molar-refractivity contribution in [2.45, 2.75) is 39.1 Å². The number of esters is 1. The standard InChI is InChI=1S/C24H25F4NO5/c1-14(2)12-34-23(31)29-9-8-15-10-18(6-7-19(15)21(29)22(30)32-3)33-13-16-4-5-17(25)11-20(16)24(26,27)28/h4-7,10-11,14,21H,8-9,12-13H2,1-3H3. The molecule has 1 heterocycles. The van der Waals surface area contributed by atoms with Gasteiger partial charge in [0.25, 0.3) is 0 Å². The average Bonchev–Trinajstić information content (AvgIpc) is 2.79. The molecule has 2 aromatic carbocycles. The summed E-state index contributed by atoms with van der Waals surface area (Å²) in [4.78, 5) is 26.4. The van der Waals surface area contributed by atoms with Crippen molar-refractivity contribution in [3.05, 3.63) is 64.5 Å². The van der Waals surface area contributed by atoms with Crippen LogP contribution in [0.2, 0.25) is 0 Å². The van der Waals surface area contributed by atoms with Crippen LogP contribution < -0.4 is 4.74 Å². The summed E-state index contributed by atoms with van der Waals surface area (Å²) in [5, 5.41) is 0. The summed E-state index contributed by atoms with van der Waals surface area (Å²) in [6.07, 6.45) is -4.98. The highest BCUT2D eigenvalue weighted by atomic mass is 19.4. The average molecular weight is 483 g/mol. The van der Waals surface area contributed by atoms with E-state index in [1.54, 1.807) is 12.1 Å². The molecular weight excluding hydrogens is 458 g/mol. The highest BCUT2D eigenvalue weighted by Gasteiger charge is 2.38. The Kier molecular flexibility index (Phi) is 7.68. The zero-order valence-electron chi connectivity index (χ0n) is 18.9. The molecule has 1 amide bonds. The van der Waals surface area contributed by atoms with Crippen LogP contribution in [0, 0.1) is 11.7 Å². The van der Waals surface area contributed by atoms with E-state index in [4.69, 9.17) is 14.2 Å². The third kappa shape index (κ3) is 5.78. The van der Waals surface area contributed by atoms with E-state index in [0.29, 0.717) is 23.6 Å². The maximum absolute atomic E-state index is 13.3. The summed E-state index contributed by atoms with van der Waals surface area (Å²) in [7, 11) is 1.21. The Bertz CT molecular complexity index is 1050. The molecule has 6 nitrogen and oxygen atoms in total. The van der Waals surface area contributed by atoms with Gasteiger partial charge in [0.1, 0.15) is 18.2 Å². The number of halogens is 4. The molecule has 184 valence electrons. The van der Waals surface area contributed by atoms with Gasteiger partial charge < -0.3 is 14.2 Å². The molecule has 1 aliphatic rings. The van der Waals surface area contributed by atoms with Crippen LogP contribution in [0.1, 0.15) is 42.1 Å². The second-order valence-electron chi connectivity index (χ2n) is 8.29. The van der Waals surface area contributed by atoms with Gasteiger partial charge in [-0.2, -0.15) is 13.2 Å². The number of alkyl halides is 3. The molecule has 0 aliphatic carbocycles. The van der Waals surface area contributed by atoms with Gasteiger partial charge in [0.05, 0.1) is 19.3 Å². The van der Waals surface area contributed by atoms with E-state index in [1.807, 2.05) is 13.8 Å². The number of amides is 1. The molecule has 3 rings (SSSR count). The number of hydrogen-bond acceptors (Lipinski definition) is 5. The minimum Gasteiger partial charge on any atom is -0.489 e. The van der Waals surface area contributed by atoms with Crippen molar-refractivity contribution in [1.29, 1.82) is 0 Å². The molecule has 0 radical (unpaired) electrons. The zero-order chi connectivity index (χ0) is 25.0. The number of ether oxygens (including phenoxy) is 3. The molecule has 10 heteroatoms. The maximum Gasteiger partial charge on any atom is 0.416 e. The molecule has 1 unspecified atom stereocenters. The van der Waals surface area contributed by atoms with Gasteiger partial charge in [-0.05, 0) is 47.7 Å². The fraction of sp³-hybridized carbons (Fsp3) is 0.417. The monoisotopic (exact) mass is 483 g/mol. The number of benzene rings is 2. The van der Waals surface area contributed by atoms with E-state index < -0.39 is 42.3 Å². The lowest BCUT2D eigenvalue weighted by molar-refractivity contribution is -0.147. The lowest BCUT2D eigenvalue weighted by Crippen LogP contribution is -2.44. The quantitative estimate of drug-likeness (QED) is 0.413. The molecular formula is C24H25F4NO5. The van der Waals surface area contributed by atoms with Crippen molar-refractivity contribution in [3.63, 3.8) is 0 Å². The summed E-state index contributed by atoms with van der Waals surface area (Å²) in [6.45, 7) is 3.74. The summed E-state index contributed by atoms with van der Waals surface area (Å²) in [5.74, 6) is -1.24. The van der Waals surface area contributed by atoms with Crippen LogP contribution in [0.15, 0.2) is 36.4 Å². The van der Waals surface area contributed by atoms with E-state index in [0.717, 1.165) is 12.1 Å². The first-order chi connectivity index (χ1) is 16.0. The molecule has 0 saturated carbocycles. The molecule has 0 N–H and O–H groups in total. The second-order valence-corrected chi connectivity index (χ2v) is 8.29. The van der Waals surface area contributed by atoms with E-state index in [1.165, 1.54) is 18.1 Å². The van der Waals surface area contributed by atoms with Crippen molar-refractivity contribution in [2.24, 2.45) is 5.92 Å². The Labute approximate surface area is 194 Å². The molecule has 0 aromatic heterocycles. The highest BCUT2D eigenvalue weighted by molar-refractivity contribution is 5.84. The van der Waals surface area contributed by atoms with Crippen LogP contribution in [-0.4, -0.2) is 37.2 Å². The van der Waals surface area contributed by atoms with Crippen molar-refractivity contribution in [3.8, 4) is 5.75 Å². The first kappa shape index (κ1) is 25.3. The fourth-order valence-corrected chi connectivity index (χ4v) is 3.68. The zero-order valence-corrected chi connectivity index (χ0v) is 18.9. The normalized spacial score (nSPS) is 15.6. The molecule has 2 aromatic rings. The van der Waals surface area contributed by atoms with Crippen LogP contribution >= 0.6 is 0 Å². The van der Waals surface area contributed by atoms with Gasteiger partial charge in [-0.15, -0.1) is 0 Å². The lowest BCUT2D eigenvalue weighted by atomic mass is 9.92. The van der Waals surface area contributed by atoms with Crippen LogP contribution in [0.4, 0.5) is 22.4 Å². The van der Waals surface area contributed by atoms with Gasteiger partial charge in [-0.3, -0.25) is 4.90 Å². The number of hydrogen-bond donors (Lipinski definition) is 0. The Morgan fingerprint density at radius 2 is 1.88 bits per heavy atom. The number of nitrogens with zero attached hydrogens (tertiary/aromatic N) is 1. The SMILES string of the molecule is COC(=O)C1c2ccc(OCc3ccc(F)cc3C(F)(F)F)cc2CCN1C(=O)OCC(C)C. The van der Waals surface area contributed by atoms with E-state index in [2.05, 4.69) is 0 Å². The van der Waals surface area contributed by atoms with Gasteiger partial charge in [0.2, 0.25) is 0 Å². The Morgan fingerprint density at radius 1 is 1.15 bits per heavy atom. The van der Waals surface area contributed by atoms with Crippen LogP contribution in [0.5, 0.6) is 5.75 Å². The maximum atomic E-state index is 13.3. The first-order valence-electron chi connectivity index (χ1n) is 10.6. The third-order valence-electron chi connectivity index (χ3n) is 5.31. The van der Waals surface area contributed by atoms with Crippen LogP contribution in [0.25, 0.3) is 0 Å². The van der Waals surface area contributed by atoms with Crippen molar-refractivity contribution in [1.82, 2.24) is 4.90 Å². The third-order valence-corrected chi connectivity index (χ3v) is 5.31. The molecule has 1 aliphatic heterocycles. The van der Waals surface area contributed by atoms with Gasteiger partial charge in [-0.1, -0.05) is 26.0 Å². The van der Waals surface area contributed by atoms with Gasteiger partial charge in [-0.25, -0.2) is 14.0 Å². The van der Waals surface area contributed by atoms with Crippen LogP contribution in [-0.2, 0) is 33.5 Å². The second kappa shape index (κ2) is 10.3. The first-order valence-corrected chi connectivity index (χ1v) is 10.6. The predicted molar refractivity (Wildman–Crippen MR) is 114 cm³/mol. The van der Waals surface area contributed by atoms with Crippen molar-refractivity contribution >= 4 is 12.1 Å². The molecule has 34 heavy (non-hydrogen) atoms. The van der Waals surface area contributed by atoms with Gasteiger partial charge in [0.15, 0.2) is 6.04 Å². The predicted octanol–water partition coefficient (Wildman–Crippen LogP) is 5.29. The van der Waals surface area contributed by atoms with E-state index in [9.17, 15) is 27.2 Å². The minimum atomic E-state index is -4.72. The fourth-order valence-electron chi connectivity index (χ4n) is 3.68. The number of carbonyl (C=O) groups excluding carboxylic acids is 2. The summed E-state index contributed by atoms with van der Waals surface area (Å²) in [5.41, 5.74) is -0.106. The van der Waals surface area contributed by atoms with E-state index in [-0.39, 0.29) is 30.4 Å². The number of rotatable bonds is 6. The molecule has 0 saturated heterocycles. The smallest absolute Gasteiger partial charge is 0.416 e. The van der Waals surface area contributed by atoms with Gasteiger partial charge >= 0.3 is 18.2 Å². The lowest BCUT2D eigenvalue weighted by Gasteiger charge is -2.35. The Morgan fingerprint density at radius 3 is 2.53 bits per heavy atom. The van der Waals surface area contributed by atoms with E-state index >= 15 is 0 Å². The van der Waals surface area contributed by atoms with Crippen molar-refractivity contribution in [2.75, 3.05) is 20.3 Å². The van der Waals surface area contributed by atoms with Crippen molar-refractivity contribution < 1.29 is 41.4 Å². The number of methoxy groups -OCH3 is 1.